The number of anilines is 3. The van der Waals surface area contributed by atoms with Crippen LogP contribution in [0, 0.1) is 12.3 Å². The summed E-state index contributed by atoms with van der Waals surface area (Å²) in [5, 5.41) is 11.7. The normalized spacial score (nSPS) is 20.8. The number of likely N-dealkylation sites (tertiary alicyclic amines) is 1. The number of likely N-dealkylation sites (N-methyl/N-ethyl adjacent to an activating group) is 1. The Bertz CT molecular complexity index is 1010. The summed E-state index contributed by atoms with van der Waals surface area (Å²) in [6.45, 7) is 10.7. The number of carbonyl (C=O) groups excluding carboxylic acids is 1. The van der Waals surface area contributed by atoms with E-state index in [0.717, 1.165) is 43.7 Å². The quantitative estimate of drug-likeness (QED) is 0.537. The van der Waals surface area contributed by atoms with Crippen molar-refractivity contribution in [2.24, 2.45) is 5.41 Å². The van der Waals surface area contributed by atoms with Crippen LogP contribution >= 0.6 is 11.6 Å². The lowest BCUT2D eigenvalue weighted by Gasteiger charge is -2.20. The standard InChI is InChI=1S/C23H35ClN8O2/c1-16-19(14-32(29-16)17-6-10-30(4)13-17)27-21-26-12-18(24)20(28-21)25-8-5-9-31-11-7-23(2,3)15-34-22(31)33/h12,14,17H,5-11,13,15H2,1-4H3,(H2,25,26,27,28). The van der Waals surface area contributed by atoms with Gasteiger partial charge in [-0.05, 0) is 39.8 Å². The molecule has 2 saturated heterocycles. The second-order valence-corrected chi connectivity index (χ2v) is 10.5. The van der Waals surface area contributed by atoms with Crippen molar-refractivity contribution in [3.8, 4) is 0 Å². The summed E-state index contributed by atoms with van der Waals surface area (Å²) >= 11 is 6.32. The third kappa shape index (κ3) is 6.09. The van der Waals surface area contributed by atoms with E-state index in [1.165, 1.54) is 0 Å². The van der Waals surface area contributed by atoms with Gasteiger partial charge in [0.1, 0.15) is 10.8 Å². The van der Waals surface area contributed by atoms with Gasteiger partial charge in [-0.25, -0.2) is 9.78 Å². The molecule has 4 heterocycles. The number of rotatable bonds is 8. The summed E-state index contributed by atoms with van der Waals surface area (Å²) in [5.74, 6) is 1.01. The first-order chi connectivity index (χ1) is 16.2. The molecule has 1 atom stereocenters. The fourth-order valence-corrected chi connectivity index (χ4v) is 4.38. The largest absolute Gasteiger partial charge is 0.449 e. The monoisotopic (exact) mass is 490 g/mol. The minimum absolute atomic E-state index is 0.0167. The fourth-order valence-electron chi connectivity index (χ4n) is 4.22. The molecule has 0 saturated carbocycles. The molecule has 2 aromatic heterocycles. The van der Waals surface area contributed by atoms with Crippen molar-refractivity contribution in [3.05, 3.63) is 23.1 Å². The molecule has 2 N–H and O–H groups in total. The highest BCUT2D eigenvalue weighted by Gasteiger charge is 2.28. The lowest BCUT2D eigenvalue weighted by Crippen LogP contribution is -2.32. The van der Waals surface area contributed by atoms with Crippen molar-refractivity contribution in [2.75, 3.05) is 57.0 Å². The molecule has 0 spiro atoms. The van der Waals surface area contributed by atoms with Crippen LogP contribution in [0.3, 0.4) is 0 Å². The number of nitrogens with one attached hydrogen (secondary N) is 2. The van der Waals surface area contributed by atoms with Gasteiger partial charge in [0.25, 0.3) is 0 Å². The van der Waals surface area contributed by atoms with Crippen LogP contribution in [0.25, 0.3) is 0 Å². The minimum atomic E-state index is -0.239. The zero-order chi connectivity index (χ0) is 24.3. The SMILES string of the molecule is Cc1nn(C2CCN(C)C2)cc1Nc1ncc(Cl)c(NCCCN2CCC(C)(C)COC2=O)n1. The van der Waals surface area contributed by atoms with Gasteiger partial charge < -0.3 is 25.2 Å². The van der Waals surface area contributed by atoms with Crippen molar-refractivity contribution in [3.63, 3.8) is 0 Å². The Kier molecular flexibility index (Phi) is 7.47. The Balaban J connectivity index is 1.31. The van der Waals surface area contributed by atoms with Gasteiger partial charge in [-0.15, -0.1) is 0 Å². The Morgan fingerprint density at radius 3 is 2.91 bits per heavy atom. The molecule has 11 heteroatoms. The molecule has 0 bridgehead atoms. The molecule has 186 valence electrons. The van der Waals surface area contributed by atoms with Crippen molar-refractivity contribution in [2.45, 2.75) is 46.1 Å². The summed E-state index contributed by atoms with van der Waals surface area (Å²) in [6.07, 6.45) is 6.13. The van der Waals surface area contributed by atoms with Gasteiger partial charge in [0, 0.05) is 37.8 Å². The van der Waals surface area contributed by atoms with E-state index < -0.39 is 0 Å². The molecule has 0 radical (unpaired) electrons. The van der Waals surface area contributed by atoms with Crippen molar-refractivity contribution < 1.29 is 9.53 Å². The van der Waals surface area contributed by atoms with Crippen LogP contribution in [0.1, 0.15) is 44.8 Å². The highest BCUT2D eigenvalue weighted by atomic mass is 35.5. The molecule has 2 aliphatic rings. The number of nitrogens with zero attached hydrogens (tertiary/aromatic N) is 6. The summed E-state index contributed by atoms with van der Waals surface area (Å²) in [4.78, 5) is 25.1. The minimum Gasteiger partial charge on any atom is -0.449 e. The molecular formula is C23H35ClN8O2. The number of hydrogen-bond donors (Lipinski definition) is 2. The molecule has 1 amide bonds. The lowest BCUT2D eigenvalue weighted by atomic mass is 9.91. The summed E-state index contributed by atoms with van der Waals surface area (Å²) < 4.78 is 7.43. The fraction of sp³-hybridized carbons (Fsp3) is 0.652. The topological polar surface area (TPSA) is 100 Å². The van der Waals surface area contributed by atoms with E-state index in [1.54, 1.807) is 11.1 Å². The average Bonchev–Trinajstić information content (AvgIpc) is 3.35. The van der Waals surface area contributed by atoms with Gasteiger partial charge in [-0.1, -0.05) is 25.4 Å². The molecule has 2 aliphatic heterocycles. The second kappa shape index (κ2) is 10.4. The van der Waals surface area contributed by atoms with Crippen LogP contribution in [0.5, 0.6) is 0 Å². The molecule has 0 aliphatic carbocycles. The maximum Gasteiger partial charge on any atom is 0.409 e. The van der Waals surface area contributed by atoms with Crippen molar-refractivity contribution >= 4 is 35.1 Å². The maximum atomic E-state index is 12.2. The Morgan fingerprint density at radius 2 is 2.15 bits per heavy atom. The maximum absolute atomic E-state index is 12.2. The van der Waals surface area contributed by atoms with E-state index >= 15 is 0 Å². The number of amides is 1. The van der Waals surface area contributed by atoms with Gasteiger partial charge in [0.2, 0.25) is 5.95 Å². The van der Waals surface area contributed by atoms with E-state index in [2.05, 4.69) is 51.5 Å². The van der Waals surface area contributed by atoms with Crippen LogP contribution in [-0.2, 0) is 4.74 Å². The number of aromatic nitrogens is 4. The molecule has 34 heavy (non-hydrogen) atoms. The van der Waals surface area contributed by atoms with E-state index in [1.807, 2.05) is 17.8 Å². The van der Waals surface area contributed by atoms with E-state index in [0.29, 0.717) is 49.1 Å². The molecule has 2 aromatic rings. The summed E-state index contributed by atoms with van der Waals surface area (Å²) in [6, 6.07) is 0.384. The van der Waals surface area contributed by atoms with Crippen molar-refractivity contribution in [1.82, 2.24) is 29.5 Å². The highest BCUT2D eigenvalue weighted by molar-refractivity contribution is 6.32. The number of ether oxygens (including phenoxy) is 1. The first-order valence-corrected chi connectivity index (χ1v) is 12.3. The van der Waals surface area contributed by atoms with Crippen LogP contribution < -0.4 is 10.6 Å². The zero-order valence-corrected chi connectivity index (χ0v) is 21.2. The smallest absolute Gasteiger partial charge is 0.409 e. The lowest BCUT2D eigenvalue weighted by molar-refractivity contribution is 0.0938. The van der Waals surface area contributed by atoms with E-state index in [-0.39, 0.29) is 11.5 Å². The average molecular weight is 491 g/mol. The molecular weight excluding hydrogens is 456 g/mol. The van der Waals surface area contributed by atoms with Gasteiger partial charge in [-0.2, -0.15) is 10.1 Å². The van der Waals surface area contributed by atoms with Crippen LogP contribution in [0.4, 0.5) is 22.2 Å². The van der Waals surface area contributed by atoms with Crippen LogP contribution in [0.15, 0.2) is 12.4 Å². The first-order valence-electron chi connectivity index (χ1n) is 11.9. The van der Waals surface area contributed by atoms with Crippen LogP contribution in [0.2, 0.25) is 5.02 Å². The number of carbonyl (C=O) groups is 1. The first kappa shape index (κ1) is 24.5. The highest BCUT2D eigenvalue weighted by Crippen LogP contribution is 2.27. The van der Waals surface area contributed by atoms with E-state index in [4.69, 9.17) is 16.3 Å². The van der Waals surface area contributed by atoms with Gasteiger partial charge in [0.05, 0.1) is 30.2 Å². The van der Waals surface area contributed by atoms with Gasteiger partial charge in [-0.3, -0.25) is 4.68 Å². The number of hydrogen-bond acceptors (Lipinski definition) is 8. The molecule has 1 unspecified atom stereocenters. The molecule has 4 rings (SSSR count). The number of halogens is 1. The molecule has 0 aromatic carbocycles. The Hall–Kier alpha value is -2.59. The second-order valence-electron chi connectivity index (χ2n) is 10.1. The van der Waals surface area contributed by atoms with Crippen molar-refractivity contribution in [1.29, 1.82) is 0 Å². The summed E-state index contributed by atoms with van der Waals surface area (Å²) in [7, 11) is 2.13. The molecule has 10 nitrogen and oxygen atoms in total. The van der Waals surface area contributed by atoms with Gasteiger partial charge in [0.15, 0.2) is 0 Å². The number of aryl methyl sites for hydroxylation is 1. The zero-order valence-electron chi connectivity index (χ0n) is 20.5. The molecule has 2 fully saturated rings. The third-order valence-electron chi connectivity index (χ3n) is 6.45. The predicted octanol–water partition coefficient (Wildman–Crippen LogP) is 3.93. The van der Waals surface area contributed by atoms with Crippen LogP contribution in [-0.4, -0.2) is 82.0 Å². The number of cyclic esters (lactones) is 1. The van der Waals surface area contributed by atoms with E-state index in [9.17, 15) is 4.79 Å². The third-order valence-corrected chi connectivity index (χ3v) is 6.72. The predicted molar refractivity (Wildman–Crippen MR) is 133 cm³/mol. The Morgan fingerprint density at radius 1 is 1.32 bits per heavy atom. The summed E-state index contributed by atoms with van der Waals surface area (Å²) in [5.41, 5.74) is 1.80. The Labute approximate surface area is 206 Å². The van der Waals surface area contributed by atoms with Gasteiger partial charge >= 0.3 is 6.09 Å².